The van der Waals surface area contributed by atoms with Crippen molar-refractivity contribution in [1.82, 2.24) is 5.32 Å². The Morgan fingerprint density at radius 1 is 1.10 bits per heavy atom. The molecule has 20 heavy (non-hydrogen) atoms. The van der Waals surface area contributed by atoms with Crippen molar-refractivity contribution >= 4 is 11.6 Å². The zero-order valence-electron chi connectivity index (χ0n) is 12.1. The summed E-state index contributed by atoms with van der Waals surface area (Å²) in [5, 5.41) is 3.07. The number of benzene rings is 1. The minimum absolute atomic E-state index is 0.00425. The Hall–Kier alpha value is -1.90. The first-order valence-electron chi connectivity index (χ1n) is 7.20. The lowest BCUT2D eigenvalue weighted by molar-refractivity contribution is -0.122. The smallest absolute Gasteiger partial charge is 0.157 e. The number of ketones is 2. The lowest BCUT2D eigenvalue weighted by atomic mass is 10.1. The van der Waals surface area contributed by atoms with Gasteiger partial charge >= 0.3 is 0 Å². The number of hydrogen-bond donors (Lipinski definition) is 1. The molecule has 0 spiro atoms. The second-order valence-corrected chi connectivity index (χ2v) is 4.81. The number of Topliss-reactive ketones (excluding diaryl/α,β-unsaturated/α-hetero) is 1. The molecule has 0 saturated heterocycles. The lowest BCUT2D eigenvalue weighted by Crippen LogP contribution is -2.06. The van der Waals surface area contributed by atoms with Crippen molar-refractivity contribution in [2.45, 2.75) is 45.6 Å². The summed E-state index contributed by atoms with van der Waals surface area (Å²) in [6.07, 6.45) is 6.38. The number of carbonyl (C=O) groups excluding carboxylic acids is 2. The van der Waals surface area contributed by atoms with Crippen molar-refractivity contribution in [3.8, 4) is 0 Å². The Balaban J connectivity index is 2.15. The van der Waals surface area contributed by atoms with Gasteiger partial charge < -0.3 is 5.32 Å². The Labute approximate surface area is 121 Å². The average Bonchev–Trinajstić information content (AvgIpc) is 2.48. The summed E-state index contributed by atoms with van der Waals surface area (Å²) in [5.74, 6) is 0.182. The molecule has 3 heteroatoms. The molecule has 3 nitrogen and oxygen atoms in total. The fraction of sp³-hybridized carbons (Fsp3) is 0.412. The van der Waals surface area contributed by atoms with E-state index in [9.17, 15) is 9.59 Å². The summed E-state index contributed by atoms with van der Waals surface area (Å²) in [6, 6.07) is 9.98. The van der Waals surface area contributed by atoms with Gasteiger partial charge in [0.1, 0.15) is 5.78 Å². The van der Waals surface area contributed by atoms with Crippen LogP contribution in [0.25, 0.3) is 0 Å². The van der Waals surface area contributed by atoms with Crippen LogP contribution >= 0.6 is 0 Å². The molecule has 0 aliphatic rings. The number of hydrogen-bond acceptors (Lipinski definition) is 3. The SMILES string of the molecule is CCCCC(=O)CCC(=O)/C=C\NCc1ccccc1. The Morgan fingerprint density at radius 2 is 1.85 bits per heavy atom. The van der Waals surface area contributed by atoms with E-state index < -0.39 is 0 Å². The molecule has 0 bridgehead atoms. The van der Waals surface area contributed by atoms with Gasteiger partial charge in [-0.1, -0.05) is 43.7 Å². The minimum atomic E-state index is -0.00425. The molecule has 0 atom stereocenters. The highest BCUT2D eigenvalue weighted by Crippen LogP contribution is 2.02. The van der Waals surface area contributed by atoms with Gasteiger partial charge in [-0.3, -0.25) is 9.59 Å². The summed E-state index contributed by atoms with van der Waals surface area (Å²) in [4.78, 5) is 23.0. The highest BCUT2D eigenvalue weighted by molar-refractivity contribution is 5.92. The van der Waals surface area contributed by atoms with Crippen molar-refractivity contribution < 1.29 is 9.59 Å². The highest BCUT2D eigenvalue weighted by atomic mass is 16.1. The predicted molar refractivity (Wildman–Crippen MR) is 81.2 cm³/mol. The Kier molecular flexibility index (Phi) is 8.04. The molecule has 1 N–H and O–H groups in total. The number of nitrogens with one attached hydrogen (secondary N) is 1. The van der Waals surface area contributed by atoms with Gasteiger partial charge in [0.25, 0.3) is 0 Å². The van der Waals surface area contributed by atoms with Crippen LogP contribution < -0.4 is 5.32 Å². The van der Waals surface area contributed by atoms with E-state index in [2.05, 4.69) is 12.2 Å². The second kappa shape index (κ2) is 9.96. The summed E-state index contributed by atoms with van der Waals surface area (Å²) < 4.78 is 0. The van der Waals surface area contributed by atoms with Gasteiger partial charge in [0.15, 0.2) is 5.78 Å². The Morgan fingerprint density at radius 3 is 2.55 bits per heavy atom. The van der Waals surface area contributed by atoms with E-state index >= 15 is 0 Å². The van der Waals surface area contributed by atoms with Gasteiger partial charge in [-0.05, 0) is 18.1 Å². The van der Waals surface area contributed by atoms with Gasteiger partial charge in [-0.15, -0.1) is 0 Å². The fourth-order valence-corrected chi connectivity index (χ4v) is 1.77. The maximum atomic E-state index is 11.6. The van der Waals surface area contributed by atoms with Crippen molar-refractivity contribution in [3.05, 3.63) is 48.2 Å². The molecule has 108 valence electrons. The van der Waals surface area contributed by atoms with E-state index in [1.54, 1.807) is 6.20 Å². The van der Waals surface area contributed by atoms with Crippen LogP contribution in [0.4, 0.5) is 0 Å². The standard InChI is InChI=1S/C17H23NO2/c1-2-3-9-16(19)10-11-17(20)12-13-18-14-15-7-5-4-6-8-15/h4-8,12-13,18H,2-3,9-11,14H2,1H3/b13-12-. The molecule has 0 heterocycles. The molecule has 1 aromatic carbocycles. The summed E-state index contributed by atoms with van der Waals surface area (Å²) >= 11 is 0. The number of allylic oxidation sites excluding steroid dienone is 1. The van der Waals surface area contributed by atoms with Crippen molar-refractivity contribution in [3.63, 3.8) is 0 Å². The summed E-state index contributed by atoms with van der Waals surface area (Å²) in [6.45, 7) is 2.75. The molecule has 0 aliphatic carbocycles. The van der Waals surface area contributed by atoms with Crippen LogP contribution in [-0.4, -0.2) is 11.6 Å². The van der Waals surface area contributed by atoms with Crippen molar-refractivity contribution in [2.24, 2.45) is 0 Å². The fourth-order valence-electron chi connectivity index (χ4n) is 1.77. The largest absolute Gasteiger partial charge is 0.387 e. The third kappa shape index (κ3) is 7.52. The number of rotatable bonds is 10. The first-order valence-corrected chi connectivity index (χ1v) is 7.20. The predicted octanol–water partition coefficient (Wildman–Crippen LogP) is 3.40. The first-order chi connectivity index (χ1) is 9.72. The highest BCUT2D eigenvalue weighted by Gasteiger charge is 2.04. The van der Waals surface area contributed by atoms with E-state index in [4.69, 9.17) is 0 Å². The monoisotopic (exact) mass is 273 g/mol. The van der Waals surface area contributed by atoms with Crippen molar-refractivity contribution in [2.75, 3.05) is 0 Å². The summed E-state index contributed by atoms with van der Waals surface area (Å²) in [5.41, 5.74) is 1.17. The zero-order chi connectivity index (χ0) is 14.6. The molecule has 0 fully saturated rings. The van der Waals surface area contributed by atoms with Gasteiger partial charge in [0, 0.05) is 32.0 Å². The van der Waals surface area contributed by atoms with Crippen LogP contribution in [0.2, 0.25) is 0 Å². The van der Waals surface area contributed by atoms with E-state index in [0.29, 0.717) is 25.8 Å². The number of carbonyl (C=O) groups is 2. The molecule has 1 rings (SSSR count). The van der Waals surface area contributed by atoms with Crippen LogP contribution in [-0.2, 0) is 16.1 Å². The molecule has 0 radical (unpaired) electrons. The third-order valence-electron chi connectivity index (χ3n) is 3.00. The van der Waals surface area contributed by atoms with E-state index in [1.807, 2.05) is 30.3 Å². The van der Waals surface area contributed by atoms with E-state index in [1.165, 1.54) is 11.6 Å². The lowest BCUT2D eigenvalue weighted by Gasteiger charge is -2.00. The molecular formula is C17H23NO2. The Bertz CT molecular complexity index is 438. The van der Waals surface area contributed by atoms with Gasteiger partial charge in [0.05, 0.1) is 0 Å². The van der Waals surface area contributed by atoms with Crippen LogP contribution in [0.3, 0.4) is 0 Å². The first kappa shape index (κ1) is 16.2. The van der Waals surface area contributed by atoms with E-state index in [-0.39, 0.29) is 11.6 Å². The van der Waals surface area contributed by atoms with Crippen LogP contribution in [0, 0.1) is 0 Å². The second-order valence-electron chi connectivity index (χ2n) is 4.81. The quantitative estimate of drug-likeness (QED) is 0.665. The topological polar surface area (TPSA) is 46.2 Å². The average molecular weight is 273 g/mol. The van der Waals surface area contributed by atoms with Crippen molar-refractivity contribution in [1.29, 1.82) is 0 Å². The number of unbranched alkanes of at least 4 members (excludes halogenated alkanes) is 1. The molecule has 0 aliphatic heterocycles. The zero-order valence-corrected chi connectivity index (χ0v) is 12.1. The van der Waals surface area contributed by atoms with E-state index in [0.717, 1.165) is 12.8 Å². The minimum Gasteiger partial charge on any atom is -0.387 e. The normalized spacial score (nSPS) is 10.7. The molecule has 1 aromatic rings. The molecule has 0 unspecified atom stereocenters. The van der Waals surface area contributed by atoms with Crippen LogP contribution in [0.5, 0.6) is 0 Å². The molecule has 0 aromatic heterocycles. The molecule has 0 amide bonds. The molecule has 0 saturated carbocycles. The maximum absolute atomic E-state index is 11.6. The van der Waals surface area contributed by atoms with Gasteiger partial charge in [0.2, 0.25) is 0 Å². The summed E-state index contributed by atoms with van der Waals surface area (Å²) in [7, 11) is 0. The molecular weight excluding hydrogens is 250 g/mol. The van der Waals surface area contributed by atoms with Gasteiger partial charge in [-0.25, -0.2) is 0 Å². The van der Waals surface area contributed by atoms with Crippen LogP contribution in [0.1, 0.15) is 44.6 Å². The van der Waals surface area contributed by atoms with Crippen LogP contribution in [0.15, 0.2) is 42.6 Å². The van der Waals surface area contributed by atoms with Gasteiger partial charge in [-0.2, -0.15) is 0 Å². The third-order valence-corrected chi connectivity index (χ3v) is 3.00. The maximum Gasteiger partial charge on any atom is 0.157 e.